The standard InChI is InChI=1S/C10H16N2O2/c1-7(2)4-8-6-11-9(12(8)3)5-10(13)14/h6-7H,4-5H2,1-3H3,(H,13,14). The summed E-state index contributed by atoms with van der Waals surface area (Å²) in [6.45, 7) is 4.26. The minimum Gasteiger partial charge on any atom is -0.481 e. The zero-order valence-corrected chi connectivity index (χ0v) is 8.82. The normalized spacial score (nSPS) is 10.9. The Labute approximate surface area is 83.6 Å². The van der Waals surface area contributed by atoms with Crippen LogP contribution in [0.4, 0.5) is 0 Å². The predicted molar refractivity (Wildman–Crippen MR) is 53.1 cm³/mol. The third-order valence-electron chi connectivity index (χ3n) is 2.11. The number of imidazole rings is 1. The Kier molecular flexibility index (Phi) is 3.28. The van der Waals surface area contributed by atoms with Gasteiger partial charge in [-0.2, -0.15) is 0 Å². The van der Waals surface area contributed by atoms with Crippen LogP contribution in [0.25, 0.3) is 0 Å². The van der Waals surface area contributed by atoms with E-state index in [1.807, 2.05) is 11.6 Å². The minimum atomic E-state index is -0.838. The maximum atomic E-state index is 10.5. The fraction of sp³-hybridized carbons (Fsp3) is 0.600. The highest BCUT2D eigenvalue weighted by Gasteiger charge is 2.10. The Balaban J connectivity index is 2.79. The van der Waals surface area contributed by atoms with E-state index in [1.165, 1.54) is 0 Å². The van der Waals surface area contributed by atoms with Crippen LogP contribution in [0.3, 0.4) is 0 Å². The lowest BCUT2D eigenvalue weighted by molar-refractivity contribution is -0.136. The van der Waals surface area contributed by atoms with E-state index in [0.717, 1.165) is 12.1 Å². The van der Waals surface area contributed by atoms with Gasteiger partial charge in [-0.15, -0.1) is 0 Å². The van der Waals surface area contributed by atoms with Crippen LogP contribution < -0.4 is 0 Å². The molecular weight excluding hydrogens is 180 g/mol. The van der Waals surface area contributed by atoms with Gasteiger partial charge in [0.2, 0.25) is 0 Å². The quantitative estimate of drug-likeness (QED) is 0.788. The number of hydrogen-bond donors (Lipinski definition) is 1. The zero-order valence-electron chi connectivity index (χ0n) is 8.82. The summed E-state index contributed by atoms with van der Waals surface area (Å²) in [6.07, 6.45) is 2.69. The molecule has 14 heavy (non-hydrogen) atoms. The van der Waals surface area contributed by atoms with Crippen molar-refractivity contribution in [3.8, 4) is 0 Å². The van der Waals surface area contributed by atoms with E-state index in [9.17, 15) is 4.79 Å². The van der Waals surface area contributed by atoms with Gasteiger partial charge in [0.15, 0.2) is 0 Å². The molecule has 0 fully saturated rings. The topological polar surface area (TPSA) is 55.1 Å². The highest BCUT2D eigenvalue weighted by atomic mass is 16.4. The summed E-state index contributed by atoms with van der Waals surface area (Å²) in [7, 11) is 1.86. The van der Waals surface area contributed by atoms with Gasteiger partial charge in [0, 0.05) is 18.9 Å². The molecule has 0 aliphatic rings. The van der Waals surface area contributed by atoms with Crippen molar-refractivity contribution in [3.05, 3.63) is 17.7 Å². The summed E-state index contributed by atoms with van der Waals surface area (Å²) in [4.78, 5) is 14.6. The molecule has 1 aromatic rings. The van der Waals surface area contributed by atoms with Crippen LogP contribution >= 0.6 is 0 Å². The fourth-order valence-corrected chi connectivity index (χ4v) is 1.40. The predicted octanol–water partition coefficient (Wildman–Crippen LogP) is 1.25. The van der Waals surface area contributed by atoms with Crippen molar-refractivity contribution in [1.29, 1.82) is 0 Å². The van der Waals surface area contributed by atoms with Crippen LogP contribution in [0.15, 0.2) is 6.20 Å². The molecule has 0 amide bonds. The molecule has 0 aromatic carbocycles. The van der Waals surface area contributed by atoms with Crippen molar-refractivity contribution < 1.29 is 9.90 Å². The summed E-state index contributed by atoms with van der Waals surface area (Å²) in [5.74, 6) is 0.339. The largest absolute Gasteiger partial charge is 0.481 e. The molecule has 0 radical (unpaired) electrons. The van der Waals surface area contributed by atoms with E-state index in [-0.39, 0.29) is 6.42 Å². The summed E-state index contributed by atoms with van der Waals surface area (Å²) in [6, 6.07) is 0. The second-order valence-corrected chi connectivity index (χ2v) is 3.89. The summed E-state index contributed by atoms with van der Waals surface area (Å²) in [5.41, 5.74) is 1.09. The second kappa shape index (κ2) is 4.26. The highest BCUT2D eigenvalue weighted by molar-refractivity contribution is 5.69. The van der Waals surface area contributed by atoms with Gasteiger partial charge in [-0.25, -0.2) is 4.98 Å². The Hall–Kier alpha value is -1.32. The number of aromatic nitrogens is 2. The Bertz CT molecular complexity index is 329. The summed E-state index contributed by atoms with van der Waals surface area (Å²) < 4.78 is 1.87. The molecule has 4 nitrogen and oxygen atoms in total. The highest BCUT2D eigenvalue weighted by Crippen LogP contribution is 2.09. The molecule has 0 spiro atoms. The minimum absolute atomic E-state index is 0.00536. The van der Waals surface area contributed by atoms with Crippen molar-refractivity contribution >= 4 is 5.97 Å². The number of hydrogen-bond acceptors (Lipinski definition) is 2. The maximum absolute atomic E-state index is 10.5. The second-order valence-electron chi connectivity index (χ2n) is 3.89. The first kappa shape index (κ1) is 10.8. The lowest BCUT2D eigenvalue weighted by atomic mass is 10.1. The average molecular weight is 196 g/mol. The lowest BCUT2D eigenvalue weighted by Crippen LogP contribution is -2.09. The van der Waals surface area contributed by atoms with E-state index in [0.29, 0.717) is 11.7 Å². The lowest BCUT2D eigenvalue weighted by Gasteiger charge is -2.06. The van der Waals surface area contributed by atoms with Crippen molar-refractivity contribution in [2.24, 2.45) is 13.0 Å². The number of rotatable bonds is 4. The molecule has 0 saturated carbocycles. The molecule has 0 atom stereocenters. The SMILES string of the molecule is CC(C)Cc1cnc(CC(=O)O)n1C. The van der Waals surface area contributed by atoms with Gasteiger partial charge < -0.3 is 9.67 Å². The Morgan fingerprint density at radius 2 is 2.29 bits per heavy atom. The van der Waals surface area contributed by atoms with Gasteiger partial charge in [-0.1, -0.05) is 13.8 Å². The summed E-state index contributed by atoms with van der Waals surface area (Å²) >= 11 is 0. The van der Waals surface area contributed by atoms with E-state index in [2.05, 4.69) is 18.8 Å². The van der Waals surface area contributed by atoms with Gasteiger partial charge in [0.1, 0.15) is 12.2 Å². The van der Waals surface area contributed by atoms with Crippen molar-refractivity contribution in [3.63, 3.8) is 0 Å². The maximum Gasteiger partial charge on any atom is 0.311 e. The molecule has 0 aliphatic carbocycles. The molecule has 0 unspecified atom stereocenters. The number of nitrogens with zero attached hydrogens (tertiary/aromatic N) is 2. The van der Waals surface area contributed by atoms with Crippen LogP contribution in [0.5, 0.6) is 0 Å². The van der Waals surface area contributed by atoms with Gasteiger partial charge in [0.25, 0.3) is 0 Å². The van der Waals surface area contributed by atoms with Crippen LogP contribution in [0.2, 0.25) is 0 Å². The van der Waals surface area contributed by atoms with Crippen molar-refractivity contribution in [2.45, 2.75) is 26.7 Å². The monoisotopic (exact) mass is 196 g/mol. The molecule has 4 heteroatoms. The molecule has 1 heterocycles. The van der Waals surface area contributed by atoms with Crippen molar-refractivity contribution in [2.75, 3.05) is 0 Å². The zero-order chi connectivity index (χ0) is 10.7. The molecule has 0 bridgehead atoms. The smallest absolute Gasteiger partial charge is 0.311 e. The fourth-order valence-electron chi connectivity index (χ4n) is 1.40. The molecule has 1 aromatic heterocycles. The van der Waals surface area contributed by atoms with E-state index < -0.39 is 5.97 Å². The van der Waals surface area contributed by atoms with Crippen LogP contribution in [0, 0.1) is 5.92 Å². The number of carbonyl (C=O) groups is 1. The van der Waals surface area contributed by atoms with Crippen LogP contribution in [-0.4, -0.2) is 20.6 Å². The van der Waals surface area contributed by atoms with E-state index in [1.54, 1.807) is 6.20 Å². The first-order valence-electron chi connectivity index (χ1n) is 4.72. The van der Waals surface area contributed by atoms with Gasteiger partial charge in [-0.05, 0) is 12.3 Å². The van der Waals surface area contributed by atoms with E-state index >= 15 is 0 Å². The molecule has 1 N–H and O–H groups in total. The number of carboxylic acids is 1. The molecule has 0 saturated heterocycles. The molecule has 1 rings (SSSR count). The van der Waals surface area contributed by atoms with Gasteiger partial charge >= 0.3 is 5.97 Å². The average Bonchev–Trinajstić information content (AvgIpc) is 2.34. The Morgan fingerprint density at radius 1 is 1.64 bits per heavy atom. The summed E-state index contributed by atoms with van der Waals surface area (Å²) in [5, 5.41) is 8.63. The first-order chi connectivity index (χ1) is 6.50. The van der Waals surface area contributed by atoms with Crippen molar-refractivity contribution in [1.82, 2.24) is 9.55 Å². The van der Waals surface area contributed by atoms with Gasteiger partial charge in [0.05, 0.1) is 0 Å². The third-order valence-corrected chi connectivity index (χ3v) is 2.11. The first-order valence-corrected chi connectivity index (χ1v) is 4.72. The van der Waals surface area contributed by atoms with E-state index in [4.69, 9.17) is 5.11 Å². The molecule has 0 aliphatic heterocycles. The third kappa shape index (κ3) is 2.58. The number of aliphatic carboxylic acids is 1. The van der Waals surface area contributed by atoms with Crippen LogP contribution in [0.1, 0.15) is 25.4 Å². The molecular formula is C10H16N2O2. The molecule has 78 valence electrons. The van der Waals surface area contributed by atoms with Gasteiger partial charge in [-0.3, -0.25) is 4.79 Å². The number of carboxylic acid groups (broad SMARTS) is 1. The van der Waals surface area contributed by atoms with Crippen LogP contribution in [-0.2, 0) is 24.7 Å². The Morgan fingerprint density at radius 3 is 2.79 bits per heavy atom.